The molecule has 1 fully saturated rings. The van der Waals surface area contributed by atoms with E-state index in [0.717, 1.165) is 17.7 Å². The van der Waals surface area contributed by atoms with Gasteiger partial charge in [-0.15, -0.1) is 0 Å². The molecule has 21 heavy (non-hydrogen) atoms. The van der Waals surface area contributed by atoms with Crippen LogP contribution >= 0.6 is 15.9 Å². The van der Waals surface area contributed by atoms with Crippen molar-refractivity contribution in [3.8, 4) is 5.75 Å². The van der Waals surface area contributed by atoms with Gasteiger partial charge in [-0.25, -0.2) is 4.79 Å². The molecule has 0 unspecified atom stereocenters. The summed E-state index contributed by atoms with van der Waals surface area (Å²) in [7, 11) is 1.39. The Hall–Kier alpha value is -1.03. The van der Waals surface area contributed by atoms with Gasteiger partial charge in [0.05, 0.1) is 19.3 Å². The summed E-state index contributed by atoms with van der Waals surface area (Å²) in [6.07, 6.45) is 7.69. The molecule has 1 aromatic rings. The molecule has 0 heterocycles. The van der Waals surface area contributed by atoms with Crippen LogP contribution < -0.4 is 4.74 Å². The highest BCUT2D eigenvalue weighted by atomic mass is 79.9. The Morgan fingerprint density at radius 1 is 1.14 bits per heavy atom. The summed E-state index contributed by atoms with van der Waals surface area (Å²) in [6.45, 7) is 0.732. The Bertz CT molecular complexity index is 448. The van der Waals surface area contributed by atoms with Gasteiger partial charge >= 0.3 is 5.97 Å². The van der Waals surface area contributed by atoms with Crippen LogP contribution in [0.2, 0.25) is 0 Å². The Labute approximate surface area is 135 Å². The standard InChI is InChI=1S/C17H23BrO3/c1-20-16(19)14-6-8-15(9-7-14)21-13-17(12-18)10-4-2-3-5-11-17/h6-9H,2-5,10-13H2,1H3. The van der Waals surface area contributed by atoms with Crippen molar-refractivity contribution in [2.75, 3.05) is 19.0 Å². The molecule has 116 valence electrons. The molecule has 1 aromatic carbocycles. The zero-order valence-electron chi connectivity index (χ0n) is 12.6. The van der Waals surface area contributed by atoms with Crippen LogP contribution in [0.15, 0.2) is 24.3 Å². The molecule has 0 saturated heterocycles. The van der Waals surface area contributed by atoms with E-state index in [-0.39, 0.29) is 11.4 Å². The lowest BCUT2D eigenvalue weighted by Gasteiger charge is -2.30. The highest BCUT2D eigenvalue weighted by Gasteiger charge is 2.30. The SMILES string of the molecule is COC(=O)c1ccc(OCC2(CBr)CCCCCC2)cc1. The zero-order chi connectivity index (χ0) is 15.1. The van der Waals surface area contributed by atoms with Crippen LogP contribution in [0, 0.1) is 5.41 Å². The van der Waals surface area contributed by atoms with Gasteiger partial charge in [-0.2, -0.15) is 0 Å². The fourth-order valence-electron chi connectivity index (χ4n) is 2.84. The lowest BCUT2D eigenvalue weighted by Crippen LogP contribution is -2.29. The molecule has 0 N–H and O–H groups in total. The largest absolute Gasteiger partial charge is 0.493 e. The van der Waals surface area contributed by atoms with E-state index in [4.69, 9.17) is 9.47 Å². The number of rotatable bonds is 5. The maximum Gasteiger partial charge on any atom is 0.337 e. The summed E-state index contributed by atoms with van der Waals surface area (Å²) < 4.78 is 10.7. The average Bonchev–Trinajstić information content (AvgIpc) is 2.79. The molecule has 0 radical (unpaired) electrons. The fourth-order valence-corrected chi connectivity index (χ4v) is 3.56. The normalized spacial score (nSPS) is 17.8. The smallest absolute Gasteiger partial charge is 0.337 e. The van der Waals surface area contributed by atoms with Crippen molar-refractivity contribution in [1.29, 1.82) is 0 Å². The van der Waals surface area contributed by atoms with E-state index < -0.39 is 0 Å². The molecule has 1 aliphatic rings. The highest BCUT2D eigenvalue weighted by Crippen LogP contribution is 2.37. The van der Waals surface area contributed by atoms with E-state index in [1.54, 1.807) is 12.1 Å². The predicted octanol–water partition coefficient (Wildman–Crippen LogP) is 4.59. The molecule has 3 nitrogen and oxygen atoms in total. The third-order valence-electron chi connectivity index (χ3n) is 4.27. The van der Waals surface area contributed by atoms with Crippen molar-refractivity contribution in [2.24, 2.45) is 5.41 Å². The Morgan fingerprint density at radius 3 is 2.29 bits per heavy atom. The Morgan fingerprint density at radius 2 is 1.76 bits per heavy atom. The zero-order valence-corrected chi connectivity index (χ0v) is 14.2. The van der Waals surface area contributed by atoms with E-state index in [0.29, 0.717) is 5.56 Å². The molecule has 2 rings (SSSR count). The predicted molar refractivity (Wildman–Crippen MR) is 87.2 cm³/mol. The van der Waals surface area contributed by atoms with Crippen LogP contribution in [-0.4, -0.2) is 25.0 Å². The first-order valence-corrected chi connectivity index (χ1v) is 8.68. The van der Waals surface area contributed by atoms with Crippen molar-refractivity contribution in [1.82, 2.24) is 0 Å². The van der Waals surface area contributed by atoms with Crippen LogP contribution in [-0.2, 0) is 4.74 Å². The number of carbonyl (C=O) groups is 1. The van der Waals surface area contributed by atoms with E-state index in [2.05, 4.69) is 15.9 Å². The summed E-state index contributed by atoms with van der Waals surface area (Å²) in [5.74, 6) is 0.495. The number of hydrogen-bond acceptors (Lipinski definition) is 3. The van der Waals surface area contributed by atoms with Crippen molar-refractivity contribution in [2.45, 2.75) is 38.5 Å². The number of ether oxygens (including phenoxy) is 2. The van der Waals surface area contributed by atoms with Crippen molar-refractivity contribution in [3.63, 3.8) is 0 Å². The van der Waals surface area contributed by atoms with Crippen LogP contribution in [0.1, 0.15) is 48.9 Å². The average molecular weight is 355 g/mol. The molecule has 0 amide bonds. The Kier molecular flexibility index (Phi) is 6.09. The number of benzene rings is 1. The lowest BCUT2D eigenvalue weighted by atomic mass is 9.83. The lowest BCUT2D eigenvalue weighted by molar-refractivity contribution is 0.0600. The van der Waals surface area contributed by atoms with Gasteiger partial charge < -0.3 is 9.47 Å². The first kappa shape index (κ1) is 16.3. The van der Waals surface area contributed by atoms with Gasteiger partial charge in [0, 0.05) is 10.7 Å². The van der Waals surface area contributed by atoms with Gasteiger partial charge in [0.15, 0.2) is 0 Å². The number of halogens is 1. The Balaban J connectivity index is 1.96. The molecule has 1 aliphatic carbocycles. The third kappa shape index (κ3) is 4.47. The van der Waals surface area contributed by atoms with E-state index in [1.165, 1.54) is 45.6 Å². The van der Waals surface area contributed by atoms with Crippen molar-refractivity contribution in [3.05, 3.63) is 29.8 Å². The summed E-state index contributed by atoms with van der Waals surface area (Å²) in [5, 5.41) is 0.986. The number of hydrogen-bond donors (Lipinski definition) is 0. The van der Waals surface area contributed by atoms with Gasteiger partial charge in [-0.3, -0.25) is 0 Å². The maximum absolute atomic E-state index is 11.4. The molecule has 0 spiro atoms. The molecule has 1 saturated carbocycles. The summed E-state index contributed by atoms with van der Waals surface area (Å²) >= 11 is 3.68. The van der Waals surface area contributed by atoms with Crippen LogP contribution in [0.3, 0.4) is 0 Å². The maximum atomic E-state index is 11.4. The molecular formula is C17H23BrO3. The monoisotopic (exact) mass is 354 g/mol. The summed E-state index contributed by atoms with van der Waals surface area (Å²) in [5.41, 5.74) is 0.798. The number of esters is 1. The van der Waals surface area contributed by atoms with Gasteiger partial charge in [-0.1, -0.05) is 41.6 Å². The number of carbonyl (C=O) groups excluding carboxylic acids is 1. The minimum atomic E-state index is -0.317. The number of alkyl halides is 1. The van der Waals surface area contributed by atoms with Crippen LogP contribution in [0.5, 0.6) is 5.75 Å². The highest BCUT2D eigenvalue weighted by molar-refractivity contribution is 9.09. The van der Waals surface area contributed by atoms with Crippen LogP contribution in [0.4, 0.5) is 0 Å². The molecule has 0 atom stereocenters. The molecule has 0 bridgehead atoms. The van der Waals surface area contributed by atoms with Gasteiger partial charge in [-0.05, 0) is 37.1 Å². The van der Waals surface area contributed by atoms with E-state index in [1.807, 2.05) is 12.1 Å². The third-order valence-corrected chi connectivity index (χ3v) is 5.46. The van der Waals surface area contributed by atoms with Crippen LogP contribution in [0.25, 0.3) is 0 Å². The fraction of sp³-hybridized carbons (Fsp3) is 0.588. The second kappa shape index (κ2) is 7.83. The second-order valence-corrected chi connectivity index (χ2v) is 6.41. The summed E-state index contributed by atoms with van der Waals surface area (Å²) in [6, 6.07) is 7.17. The van der Waals surface area contributed by atoms with Gasteiger partial charge in [0.2, 0.25) is 0 Å². The van der Waals surface area contributed by atoms with Crippen molar-refractivity contribution >= 4 is 21.9 Å². The second-order valence-electron chi connectivity index (χ2n) is 5.85. The summed E-state index contributed by atoms with van der Waals surface area (Å²) in [4.78, 5) is 11.4. The van der Waals surface area contributed by atoms with Gasteiger partial charge in [0.1, 0.15) is 5.75 Å². The van der Waals surface area contributed by atoms with Crippen molar-refractivity contribution < 1.29 is 14.3 Å². The van der Waals surface area contributed by atoms with E-state index >= 15 is 0 Å². The first-order chi connectivity index (χ1) is 10.2. The topological polar surface area (TPSA) is 35.5 Å². The number of methoxy groups -OCH3 is 1. The first-order valence-electron chi connectivity index (χ1n) is 7.56. The van der Waals surface area contributed by atoms with Gasteiger partial charge in [0.25, 0.3) is 0 Å². The molecular weight excluding hydrogens is 332 g/mol. The quantitative estimate of drug-likeness (QED) is 0.440. The molecule has 4 heteroatoms. The molecule has 0 aliphatic heterocycles. The minimum absolute atomic E-state index is 0.248. The van der Waals surface area contributed by atoms with E-state index in [9.17, 15) is 4.79 Å². The minimum Gasteiger partial charge on any atom is -0.493 e. The molecule has 0 aromatic heterocycles.